The van der Waals surface area contributed by atoms with Gasteiger partial charge in [-0.25, -0.2) is 0 Å². The summed E-state index contributed by atoms with van der Waals surface area (Å²) in [5.74, 6) is 1.45. The first-order valence-corrected chi connectivity index (χ1v) is 9.99. The zero-order valence-corrected chi connectivity index (χ0v) is 16.4. The molecule has 2 aliphatic carbocycles. The molecule has 1 heterocycles. The summed E-state index contributed by atoms with van der Waals surface area (Å²) < 4.78 is 6.44. The molecule has 0 radical (unpaired) electrons. The quantitative estimate of drug-likeness (QED) is 0.644. The van der Waals surface area contributed by atoms with E-state index in [4.69, 9.17) is 4.74 Å². The minimum absolute atomic E-state index is 0.0174. The van der Waals surface area contributed by atoms with E-state index in [1.165, 1.54) is 25.3 Å². The molecule has 3 aliphatic rings. The Morgan fingerprint density at radius 1 is 1.08 bits per heavy atom. The molecule has 0 aromatic heterocycles. The molecule has 2 fully saturated rings. The van der Waals surface area contributed by atoms with Gasteiger partial charge in [0.15, 0.2) is 11.5 Å². The van der Waals surface area contributed by atoms with E-state index in [9.17, 15) is 15.3 Å². The van der Waals surface area contributed by atoms with Gasteiger partial charge in [0.1, 0.15) is 11.4 Å². The van der Waals surface area contributed by atoms with Crippen molar-refractivity contribution in [1.82, 2.24) is 0 Å². The first-order valence-electron chi connectivity index (χ1n) is 9.99. The maximum atomic E-state index is 10.5. The molecule has 0 bridgehead atoms. The lowest BCUT2D eigenvalue weighted by Crippen LogP contribution is -2.61. The summed E-state index contributed by atoms with van der Waals surface area (Å²) in [6.07, 6.45) is 6.53. The summed E-state index contributed by atoms with van der Waals surface area (Å²) in [6.45, 7) is 9.10. The Labute approximate surface area is 156 Å². The topological polar surface area (TPSA) is 69.9 Å². The molecule has 0 saturated heterocycles. The number of aromatic hydroxyl groups is 2. The number of aliphatic hydroxyl groups is 1. The smallest absolute Gasteiger partial charge is 0.169 e. The highest BCUT2D eigenvalue weighted by molar-refractivity contribution is 5.58. The van der Waals surface area contributed by atoms with Crippen LogP contribution in [0.5, 0.6) is 17.2 Å². The van der Waals surface area contributed by atoms with Crippen molar-refractivity contribution >= 4 is 0 Å². The van der Waals surface area contributed by atoms with Crippen molar-refractivity contribution in [3.05, 3.63) is 17.2 Å². The molecule has 2 saturated carbocycles. The van der Waals surface area contributed by atoms with Crippen molar-refractivity contribution in [1.29, 1.82) is 0 Å². The first kappa shape index (κ1) is 18.0. The number of rotatable bonds is 1. The van der Waals surface area contributed by atoms with Crippen LogP contribution in [0.25, 0.3) is 0 Å². The van der Waals surface area contributed by atoms with Gasteiger partial charge in [-0.15, -0.1) is 0 Å². The summed E-state index contributed by atoms with van der Waals surface area (Å²) >= 11 is 0. The van der Waals surface area contributed by atoms with Gasteiger partial charge in [0.05, 0.1) is 6.61 Å². The summed E-state index contributed by atoms with van der Waals surface area (Å²) in [6, 6.07) is 1.48. The molecular weight excluding hydrogens is 328 g/mol. The van der Waals surface area contributed by atoms with E-state index in [-0.39, 0.29) is 29.1 Å². The summed E-state index contributed by atoms with van der Waals surface area (Å²) in [7, 11) is 0. The van der Waals surface area contributed by atoms with Crippen LogP contribution in [-0.4, -0.2) is 20.9 Å². The largest absolute Gasteiger partial charge is 0.508 e. The monoisotopic (exact) mass is 360 g/mol. The van der Waals surface area contributed by atoms with E-state index < -0.39 is 0 Å². The van der Waals surface area contributed by atoms with Crippen LogP contribution >= 0.6 is 0 Å². The van der Waals surface area contributed by atoms with E-state index in [0.717, 1.165) is 19.3 Å². The second-order valence-electron chi connectivity index (χ2n) is 9.98. The molecular formula is C22H32O4. The highest BCUT2D eigenvalue weighted by Crippen LogP contribution is 2.65. The third-order valence-corrected chi connectivity index (χ3v) is 8.07. The normalized spacial score (nSPS) is 37.9. The minimum Gasteiger partial charge on any atom is -0.508 e. The predicted octanol–water partition coefficient (Wildman–Crippen LogP) is 4.53. The highest BCUT2D eigenvalue weighted by Gasteiger charge is 2.61. The first-order chi connectivity index (χ1) is 12.1. The lowest BCUT2D eigenvalue weighted by atomic mass is 9.44. The SMILES string of the molecule is CC1(C)CCC[C@@]2(C)C1CC[C@@]1(C)Oc3c(O)c(CO)cc(O)c3C[C@H]12. The van der Waals surface area contributed by atoms with Gasteiger partial charge in [0, 0.05) is 17.0 Å². The average molecular weight is 360 g/mol. The van der Waals surface area contributed by atoms with Crippen LogP contribution in [0.1, 0.15) is 70.9 Å². The van der Waals surface area contributed by atoms with E-state index in [0.29, 0.717) is 34.1 Å². The van der Waals surface area contributed by atoms with Crippen LogP contribution in [0.3, 0.4) is 0 Å². The molecule has 3 N–H and O–H groups in total. The Morgan fingerprint density at radius 2 is 1.81 bits per heavy atom. The van der Waals surface area contributed by atoms with Crippen LogP contribution in [0.15, 0.2) is 6.07 Å². The predicted molar refractivity (Wildman–Crippen MR) is 100 cm³/mol. The lowest BCUT2D eigenvalue weighted by Gasteiger charge is -2.63. The second kappa shape index (κ2) is 5.54. The van der Waals surface area contributed by atoms with Crippen LogP contribution in [0.2, 0.25) is 0 Å². The minimum atomic E-state index is -0.344. The third kappa shape index (κ3) is 2.30. The van der Waals surface area contributed by atoms with Gasteiger partial charge in [-0.05, 0) is 61.8 Å². The van der Waals surface area contributed by atoms with Gasteiger partial charge < -0.3 is 20.1 Å². The number of hydrogen-bond acceptors (Lipinski definition) is 4. The van der Waals surface area contributed by atoms with Gasteiger partial charge in [-0.3, -0.25) is 0 Å². The van der Waals surface area contributed by atoms with Crippen LogP contribution in [0.4, 0.5) is 0 Å². The Balaban J connectivity index is 1.82. The Morgan fingerprint density at radius 3 is 2.50 bits per heavy atom. The van der Waals surface area contributed by atoms with Crippen LogP contribution in [0, 0.1) is 22.7 Å². The van der Waals surface area contributed by atoms with Gasteiger partial charge >= 0.3 is 0 Å². The molecule has 0 spiro atoms. The number of ether oxygens (including phenoxy) is 1. The standard InChI is InChI=1S/C22H32O4/c1-20(2)7-5-8-21(3)16(20)6-9-22(4)17(21)11-14-15(24)10-13(12-23)18(25)19(14)26-22/h10,16-17,23-25H,5-9,11-12H2,1-4H3/t16?,17-,21-,22+/m0/s1. The second-order valence-corrected chi connectivity index (χ2v) is 9.98. The molecule has 0 amide bonds. The zero-order valence-electron chi connectivity index (χ0n) is 16.4. The Kier molecular flexibility index (Phi) is 3.83. The molecule has 1 aliphatic heterocycles. The van der Waals surface area contributed by atoms with E-state index in [1.54, 1.807) is 0 Å². The fourth-order valence-corrected chi connectivity index (χ4v) is 6.77. The van der Waals surface area contributed by atoms with Crippen LogP contribution < -0.4 is 4.74 Å². The van der Waals surface area contributed by atoms with E-state index in [1.807, 2.05) is 0 Å². The van der Waals surface area contributed by atoms with Crippen molar-refractivity contribution in [2.45, 2.75) is 78.4 Å². The average Bonchev–Trinajstić information content (AvgIpc) is 2.56. The number of fused-ring (bicyclic) bond motifs is 4. The molecule has 4 nitrogen and oxygen atoms in total. The van der Waals surface area contributed by atoms with E-state index in [2.05, 4.69) is 27.7 Å². The number of phenols is 2. The summed E-state index contributed by atoms with van der Waals surface area (Å²) in [5.41, 5.74) is 1.18. The third-order valence-electron chi connectivity index (χ3n) is 8.07. The summed E-state index contributed by atoms with van der Waals surface area (Å²) in [4.78, 5) is 0. The van der Waals surface area contributed by atoms with E-state index >= 15 is 0 Å². The zero-order chi connectivity index (χ0) is 18.9. The highest BCUT2D eigenvalue weighted by atomic mass is 16.5. The lowest BCUT2D eigenvalue weighted by molar-refractivity contribution is -0.163. The van der Waals surface area contributed by atoms with Gasteiger partial charge in [-0.2, -0.15) is 0 Å². The number of phenolic OH excluding ortho intramolecular Hbond substituents is 1. The number of aliphatic hydroxyl groups excluding tert-OH is 1. The van der Waals surface area contributed by atoms with Crippen molar-refractivity contribution < 1.29 is 20.1 Å². The van der Waals surface area contributed by atoms with Gasteiger partial charge in [-0.1, -0.05) is 27.2 Å². The molecule has 4 heteroatoms. The summed E-state index contributed by atoms with van der Waals surface area (Å²) in [5, 5.41) is 30.6. The Hall–Kier alpha value is -1.42. The molecule has 1 aromatic carbocycles. The maximum absolute atomic E-state index is 10.5. The fraction of sp³-hybridized carbons (Fsp3) is 0.727. The number of hydrogen-bond donors (Lipinski definition) is 3. The molecule has 4 rings (SSSR count). The van der Waals surface area contributed by atoms with Crippen molar-refractivity contribution in [2.75, 3.05) is 0 Å². The molecule has 1 unspecified atom stereocenters. The molecule has 1 aromatic rings. The van der Waals surface area contributed by atoms with Gasteiger partial charge in [0.2, 0.25) is 0 Å². The maximum Gasteiger partial charge on any atom is 0.169 e. The Bertz CT molecular complexity index is 740. The van der Waals surface area contributed by atoms with Crippen molar-refractivity contribution in [2.24, 2.45) is 22.7 Å². The number of benzene rings is 1. The molecule has 26 heavy (non-hydrogen) atoms. The fourth-order valence-electron chi connectivity index (χ4n) is 6.77. The van der Waals surface area contributed by atoms with Crippen LogP contribution in [-0.2, 0) is 13.0 Å². The van der Waals surface area contributed by atoms with Crippen molar-refractivity contribution in [3.8, 4) is 17.2 Å². The molecule has 4 atom stereocenters. The van der Waals surface area contributed by atoms with Gasteiger partial charge in [0.25, 0.3) is 0 Å². The van der Waals surface area contributed by atoms with Crippen molar-refractivity contribution in [3.63, 3.8) is 0 Å². The molecule has 144 valence electrons.